The number of carbonyl (C=O) groups excluding carboxylic acids is 1. The van der Waals surface area contributed by atoms with E-state index in [0.717, 1.165) is 41.2 Å². The largest absolute Gasteiger partial charge is 0.484 e. The van der Waals surface area contributed by atoms with E-state index in [0.29, 0.717) is 0 Å². The van der Waals surface area contributed by atoms with Gasteiger partial charge in [-0.1, -0.05) is 24.3 Å². The highest BCUT2D eigenvalue weighted by Crippen LogP contribution is 2.38. The Bertz CT molecular complexity index is 952. The summed E-state index contributed by atoms with van der Waals surface area (Å²) in [6.07, 6.45) is 3.51. The van der Waals surface area contributed by atoms with Crippen LogP contribution in [0.5, 0.6) is 5.75 Å². The molecule has 2 unspecified atom stereocenters. The first-order valence-corrected chi connectivity index (χ1v) is 8.71. The van der Waals surface area contributed by atoms with Crippen LogP contribution in [-0.2, 0) is 0 Å². The van der Waals surface area contributed by atoms with E-state index in [1.54, 1.807) is 7.05 Å². The van der Waals surface area contributed by atoms with E-state index in [9.17, 15) is 4.79 Å². The summed E-state index contributed by atoms with van der Waals surface area (Å²) in [5.74, 6) is 1.60. The molecule has 0 fully saturated rings. The minimum atomic E-state index is -0.169. The van der Waals surface area contributed by atoms with Crippen molar-refractivity contribution in [3.63, 3.8) is 0 Å². The third-order valence-electron chi connectivity index (χ3n) is 4.79. The van der Waals surface area contributed by atoms with Gasteiger partial charge in [-0.05, 0) is 43.0 Å². The van der Waals surface area contributed by atoms with Gasteiger partial charge in [0.05, 0.1) is 12.2 Å². The van der Waals surface area contributed by atoms with Gasteiger partial charge in [-0.15, -0.1) is 10.2 Å². The molecule has 1 aromatic carbocycles. The van der Waals surface area contributed by atoms with Crippen LogP contribution in [0.1, 0.15) is 41.9 Å². The first-order chi connectivity index (χ1) is 12.7. The lowest BCUT2D eigenvalue weighted by Crippen LogP contribution is -2.38. The molecule has 0 saturated heterocycles. The summed E-state index contributed by atoms with van der Waals surface area (Å²) in [5.41, 5.74) is 3.02. The van der Waals surface area contributed by atoms with E-state index >= 15 is 0 Å². The fraction of sp³-hybridized carbons (Fsp3) is 0.316. The first kappa shape index (κ1) is 16.4. The van der Waals surface area contributed by atoms with E-state index in [1.807, 2.05) is 41.8 Å². The summed E-state index contributed by atoms with van der Waals surface area (Å²) >= 11 is 0. The molecule has 7 nitrogen and oxygen atoms in total. The van der Waals surface area contributed by atoms with Crippen LogP contribution in [-0.4, -0.2) is 27.7 Å². The lowest BCUT2D eigenvalue weighted by molar-refractivity contribution is 0.171. The molecule has 0 bridgehead atoms. The molecular weight excluding hydrogens is 330 g/mol. The van der Waals surface area contributed by atoms with Gasteiger partial charge in [0.2, 0.25) is 0 Å². The SMILES string of the molecule is CNC(=O)NC1CCC(Oc2ccc3nnc(C)n3c2)c2ccccc21. The molecule has 26 heavy (non-hydrogen) atoms. The average Bonchev–Trinajstić information content (AvgIpc) is 3.04. The van der Waals surface area contributed by atoms with Crippen LogP contribution in [0.15, 0.2) is 42.6 Å². The molecule has 4 rings (SSSR count). The Balaban J connectivity index is 1.61. The second kappa shape index (κ2) is 6.67. The second-order valence-corrected chi connectivity index (χ2v) is 6.43. The van der Waals surface area contributed by atoms with Crippen molar-refractivity contribution in [2.75, 3.05) is 7.05 Å². The molecule has 1 aliphatic carbocycles. The zero-order valence-corrected chi connectivity index (χ0v) is 14.8. The minimum Gasteiger partial charge on any atom is -0.484 e. The molecule has 7 heteroatoms. The summed E-state index contributed by atoms with van der Waals surface area (Å²) in [6.45, 7) is 1.91. The predicted molar refractivity (Wildman–Crippen MR) is 97.1 cm³/mol. The Hall–Kier alpha value is -3.09. The summed E-state index contributed by atoms with van der Waals surface area (Å²) in [7, 11) is 1.62. The summed E-state index contributed by atoms with van der Waals surface area (Å²) < 4.78 is 8.21. The van der Waals surface area contributed by atoms with E-state index in [2.05, 4.69) is 33.0 Å². The van der Waals surface area contributed by atoms with Crippen molar-refractivity contribution in [2.24, 2.45) is 0 Å². The normalized spacial score (nSPS) is 19.0. The molecule has 3 aromatic rings. The summed E-state index contributed by atoms with van der Waals surface area (Å²) in [6, 6.07) is 11.8. The van der Waals surface area contributed by atoms with Gasteiger partial charge in [0, 0.05) is 7.05 Å². The van der Waals surface area contributed by atoms with E-state index < -0.39 is 0 Å². The van der Waals surface area contributed by atoms with Crippen molar-refractivity contribution in [2.45, 2.75) is 31.9 Å². The van der Waals surface area contributed by atoms with Gasteiger partial charge >= 0.3 is 6.03 Å². The zero-order chi connectivity index (χ0) is 18.1. The number of carbonyl (C=O) groups is 1. The van der Waals surface area contributed by atoms with Crippen LogP contribution < -0.4 is 15.4 Å². The van der Waals surface area contributed by atoms with Crippen molar-refractivity contribution in [1.29, 1.82) is 0 Å². The van der Waals surface area contributed by atoms with Gasteiger partial charge in [0.1, 0.15) is 17.7 Å². The number of aromatic nitrogens is 3. The van der Waals surface area contributed by atoms with Crippen LogP contribution in [0.25, 0.3) is 5.65 Å². The standard InChI is InChI=1S/C19H21N5O2/c1-12-22-23-18-10-7-13(11-24(12)18)26-17-9-8-16(21-19(25)20-2)14-5-3-4-6-15(14)17/h3-7,10-11,16-17H,8-9H2,1-2H3,(H2,20,21,25). The van der Waals surface area contributed by atoms with Gasteiger partial charge in [-0.3, -0.25) is 4.40 Å². The summed E-state index contributed by atoms with van der Waals surface area (Å²) in [5, 5.41) is 13.8. The Morgan fingerprint density at radius 3 is 2.77 bits per heavy atom. The van der Waals surface area contributed by atoms with E-state index in [4.69, 9.17) is 4.74 Å². The number of urea groups is 1. The Kier molecular flexibility index (Phi) is 4.20. The number of rotatable bonds is 3. The predicted octanol–water partition coefficient (Wildman–Crippen LogP) is 2.92. The first-order valence-electron chi connectivity index (χ1n) is 8.71. The molecule has 2 atom stereocenters. The van der Waals surface area contributed by atoms with Crippen LogP contribution in [0.2, 0.25) is 0 Å². The molecule has 2 N–H and O–H groups in total. The second-order valence-electron chi connectivity index (χ2n) is 6.43. The molecule has 134 valence electrons. The van der Waals surface area contributed by atoms with Crippen LogP contribution in [0, 0.1) is 6.92 Å². The fourth-order valence-corrected chi connectivity index (χ4v) is 3.47. The lowest BCUT2D eigenvalue weighted by atomic mass is 9.85. The Morgan fingerprint density at radius 2 is 1.96 bits per heavy atom. The maximum Gasteiger partial charge on any atom is 0.315 e. The molecule has 2 heterocycles. The molecule has 0 saturated carbocycles. The topological polar surface area (TPSA) is 80.5 Å². The number of fused-ring (bicyclic) bond motifs is 2. The van der Waals surface area contributed by atoms with Crippen LogP contribution >= 0.6 is 0 Å². The fourth-order valence-electron chi connectivity index (χ4n) is 3.47. The molecular formula is C19H21N5O2. The lowest BCUT2D eigenvalue weighted by Gasteiger charge is -2.32. The molecule has 1 aliphatic rings. The van der Waals surface area contributed by atoms with Crippen LogP contribution in [0.3, 0.4) is 0 Å². The monoisotopic (exact) mass is 351 g/mol. The van der Waals surface area contributed by atoms with E-state index in [-0.39, 0.29) is 18.2 Å². The van der Waals surface area contributed by atoms with Crippen LogP contribution in [0.4, 0.5) is 4.79 Å². The Morgan fingerprint density at radius 1 is 1.15 bits per heavy atom. The number of nitrogens with one attached hydrogen (secondary N) is 2. The number of aryl methyl sites for hydroxylation is 1. The number of benzene rings is 1. The third-order valence-corrected chi connectivity index (χ3v) is 4.79. The number of pyridine rings is 1. The number of hydrogen-bond acceptors (Lipinski definition) is 4. The van der Waals surface area contributed by atoms with Crippen molar-refractivity contribution < 1.29 is 9.53 Å². The van der Waals surface area contributed by atoms with Gasteiger partial charge < -0.3 is 15.4 Å². The zero-order valence-electron chi connectivity index (χ0n) is 14.8. The number of hydrogen-bond donors (Lipinski definition) is 2. The van der Waals surface area contributed by atoms with Crippen molar-refractivity contribution in [3.8, 4) is 5.75 Å². The third kappa shape index (κ3) is 2.96. The minimum absolute atomic E-state index is 0.00595. The maximum absolute atomic E-state index is 11.7. The number of nitrogens with zero attached hydrogens (tertiary/aromatic N) is 3. The Labute approximate surface area is 151 Å². The molecule has 2 amide bonds. The summed E-state index contributed by atoms with van der Waals surface area (Å²) in [4.78, 5) is 11.7. The highest BCUT2D eigenvalue weighted by molar-refractivity contribution is 5.74. The van der Waals surface area contributed by atoms with Gasteiger partial charge in [-0.25, -0.2) is 4.79 Å². The number of ether oxygens (including phenoxy) is 1. The number of amides is 2. The average molecular weight is 351 g/mol. The van der Waals surface area contributed by atoms with E-state index in [1.165, 1.54) is 0 Å². The quantitative estimate of drug-likeness (QED) is 0.760. The highest BCUT2D eigenvalue weighted by atomic mass is 16.5. The van der Waals surface area contributed by atoms with Gasteiger partial charge in [0.15, 0.2) is 5.65 Å². The van der Waals surface area contributed by atoms with Gasteiger partial charge in [-0.2, -0.15) is 0 Å². The molecule has 0 radical (unpaired) electrons. The molecule has 0 spiro atoms. The maximum atomic E-state index is 11.7. The highest BCUT2D eigenvalue weighted by Gasteiger charge is 2.29. The smallest absolute Gasteiger partial charge is 0.315 e. The molecule has 0 aliphatic heterocycles. The van der Waals surface area contributed by atoms with Crippen molar-refractivity contribution >= 4 is 11.7 Å². The molecule has 2 aromatic heterocycles. The van der Waals surface area contributed by atoms with Gasteiger partial charge in [0.25, 0.3) is 0 Å². The van der Waals surface area contributed by atoms with Crippen molar-refractivity contribution in [1.82, 2.24) is 25.2 Å². The van der Waals surface area contributed by atoms with Crippen molar-refractivity contribution in [3.05, 3.63) is 59.5 Å².